The van der Waals surface area contributed by atoms with Crippen molar-refractivity contribution in [1.82, 2.24) is 9.88 Å². The molecular formula is C9H12N2O2S. The van der Waals surface area contributed by atoms with Crippen molar-refractivity contribution >= 4 is 17.2 Å². The first-order valence-corrected chi connectivity index (χ1v) is 5.57. The SMILES string of the molecule is O=C(c1cscn1)N1CCCC1CO. The summed E-state index contributed by atoms with van der Waals surface area (Å²) >= 11 is 1.41. The zero-order chi connectivity index (χ0) is 9.97. The quantitative estimate of drug-likeness (QED) is 0.786. The largest absolute Gasteiger partial charge is 0.394 e. The number of rotatable bonds is 2. The van der Waals surface area contributed by atoms with Crippen LogP contribution in [0.3, 0.4) is 0 Å². The number of aromatic nitrogens is 1. The van der Waals surface area contributed by atoms with Gasteiger partial charge in [-0.2, -0.15) is 0 Å². The maximum Gasteiger partial charge on any atom is 0.273 e. The van der Waals surface area contributed by atoms with Crippen LogP contribution in [-0.2, 0) is 0 Å². The highest BCUT2D eigenvalue weighted by molar-refractivity contribution is 7.07. The Hall–Kier alpha value is -0.940. The van der Waals surface area contributed by atoms with E-state index in [0.29, 0.717) is 5.69 Å². The molecule has 0 spiro atoms. The second kappa shape index (κ2) is 4.06. The van der Waals surface area contributed by atoms with Gasteiger partial charge in [0.1, 0.15) is 5.69 Å². The van der Waals surface area contributed by atoms with E-state index < -0.39 is 0 Å². The Labute approximate surface area is 86.2 Å². The topological polar surface area (TPSA) is 53.4 Å². The molecule has 1 amide bonds. The van der Waals surface area contributed by atoms with Gasteiger partial charge in [-0.05, 0) is 12.8 Å². The van der Waals surface area contributed by atoms with Crippen LogP contribution in [0.5, 0.6) is 0 Å². The van der Waals surface area contributed by atoms with Crippen LogP contribution in [0.25, 0.3) is 0 Å². The molecule has 5 heteroatoms. The lowest BCUT2D eigenvalue weighted by Gasteiger charge is -2.21. The lowest BCUT2D eigenvalue weighted by Crippen LogP contribution is -2.37. The third-order valence-corrected chi connectivity index (χ3v) is 3.09. The van der Waals surface area contributed by atoms with Gasteiger partial charge >= 0.3 is 0 Å². The van der Waals surface area contributed by atoms with Crippen molar-refractivity contribution in [2.24, 2.45) is 0 Å². The van der Waals surface area contributed by atoms with Gasteiger partial charge in [-0.1, -0.05) is 0 Å². The van der Waals surface area contributed by atoms with Crippen molar-refractivity contribution in [1.29, 1.82) is 0 Å². The molecule has 1 saturated heterocycles. The average molecular weight is 212 g/mol. The van der Waals surface area contributed by atoms with Crippen LogP contribution in [0.4, 0.5) is 0 Å². The number of hydrogen-bond acceptors (Lipinski definition) is 4. The van der Waals surface area contributed by atoms with Crippen LogP contribution in [0.1, 0.15) is 23.3 Å². The van der Waals surface area contributed by atoms with Crippen LogP contribution < -0.4 is 0 Å². The highest BCUT2D eigenvalue weighted by Gasteiger charge is 2.29. The Morgan fingerprint density at radius 1 is 1.79 bits per heavy atom. The number of nitrogens with zero attached hydrogens (tertiary/aromatic N) is 2. The molecule has 0 saturated carbocycles. The van der Waals surface area contributed by atoms with Gasteiger partial charge in [0.25, 0.3) is 5.91 Å². The fourth-order valence-electron chi connectivity index (χ4n) is 1.76. The molecule has 1 N–H and O–H groups in total. The molecule has 1 fully saturated rings. The van der Waals surface area contributed by atoms with E-state index in [1.54, 1.807) is 15.8 Å². The molecule has 1 atom stereocenters. The van der Waals surface area contributed by atoms with Crippen molar-refractivity contribution in [2.45, 2.75) is 18.9 Å². The third-order valence-electron chi connectivity index (χ3n) is 2.50. The second-order valence-electron chi connectivity index (χ2n) is 3.35. The van der Waals surface area contributed by atoms with E-state index in [0.717, 1.165) is 19.4 Å². The number of hydrogen-bond donors (Lipinski definition) is 1. The second-order valence-corrected chi connectivity index (χ2v) is 4.07. The van der Waals surface area contributed by atoms with E-state index in [2.05, 4.69) is 4.98 Å². The molecule has 2 rings (SSSR count). The molecule has 0 aliphatic carbocycles. The first-order chi connectivity index (χ1) is 6.83. The number of aliphatic hydroxyl groups excluding tert-OH is 1. The predicted molar refractivity (Wildman–Crippen MR) is 53.3 cm³/mol. The van der Waals surface area contributed by atoms with Crippen LogP contribution in [0, 0.1) is 0 Å². The molecule has 76 valence electrons. The van der Waals surface area contributed by atoms with Gasteiger partial charge in [-0.15, -0.1) is 11.3 Å². The molecule has 1 aromatic heterocycles. The molecule has 2 heterocycles. The minimum absolute atomic E-state index is 0.0100. The van der Waals surface area contributed by atoms with Crippen LogP contribution in [-0.4, -0.2) is 40.1 Å². The van der Waals surface area contributed by atoms with E-state index in [9.17, 15) is 4.79 Å². The fraction of sp³-hybridized carbons (Fsp3) is 0.556. The lowest BCUT2D eigenvalue weighted by molar-refractivity contribution is 0.0672. The summed E-state index contributed by atoms with van der Waals surface area (Å²) in [5.74, 6) is -0.0530. The van der Waals surface area contributed by atoms with Crippen LogP contribution in [0.15, 0.2) is 10.9 Å². The fourth-order valence-corrected chi connectivity index (χ4v) is 2.28. The van der Waals surface area contributed by atoms with Gasteiger partial charge in [-0.3, -0.25) is 4.79 Å². The van der Waals surface area contributed by atoms with Crippen molar-refractivity contribution in [3.8, 4) is 0 Å². The smallest absolute Gasteiger partial charge is 0.273 e. The molecule has 1 aliphatic rings. The van der Waals surface area contributed by atoms with Crippen molar-refractivity contribution < 1.29 is 9.90 Å². The highest BCUT2D eigenvalue weighted by Crippen LogP contribution is 2.19. The van der Waals surface area contributed by atoms with Crippen molar-refractivity contribution in [3.63, 3.8) is 0 Å². The molecule has 4 nitrogen and oxygen atoms in total. The molecule has 0 bridgehead atoms. The molecule has 1 aliphatic heterocycles. The van der Waals surface area contributed by atoms with E-state index in [1.807, 2.05) is 0 Å². The first-order valence-electron chi connectivity index (χ1n) is 4.63. The van der Waals surface area contributed by atoms with E-state index in [4.69, 9.17) is 5.11 Å². The zero-order valence-electron chi connectivity index (χ0n) is 7.72. The molecule has 1 unspecified atom stereocenters. The summed E-state index contributed by atoms with van der Waals surface area (Å²) in [5, 5.41) is 10.8. The Balaban J connectivity index is 2.11. The van der Waals surface area contributed by atoms with E-state index in [-0.39, 0.29) is 18.6 Å². The number of likely N-dealkylation sites (tertiary alicyclic amines) is 1. The van der Waals surface area contributed by atoms with Crippen LogP contribution in [0.2, 0.25) is 0 Å². The maximum atomic E-state index is 11.8. The molecule has 1 aromatic rings. The summed E-state index contributed by atoms with van der Waals surface area (Å²) in [5.41, 5.74) is 2.15. The normalized spacial score (nSPS) is 21.5. The number of amides is 1. The first kappa shape index (κ1) is 9.61. The number of aliphatic hydroxyl groups is 1. The van der Waals surface area contributed by atoms with E-state index >= 15 is 0 Å². The monoisotopic (exact) mass is 212 g/mol. The lowest BCUT2D eigenvalue weighted by atomic mass is 10.2. The van der Waals surface area contributed by atoms with Gasteiger partial charge in [0.05, 0.1) is 18.2 Å². The van der Waals surface area contributed by atoms with Gasteiger partial charge in [-0.25, -0.2) is 4.98 Å². The summed E-state index contributed by atoms with van der Waals surface area (Å²) < 4.78 is 0. The number of carbonyl (C=O) groups excluding carboxylic acids is 1. The number of carbonyl (C=O) groups is 1. The summed E-state index contributed by atoms with van der Waals surface area (Å²) in [4.78, 5) is 17.5. The summed E-state index contributed by atoms with van der Waals surface area (Å²) in [6.45, 7) is 0.789. The Kier molecular flexibility index (Phi) is 2.79. The Bertz CT molecular complexity index is 313. The average Bonchev–Trinajstić information content (AvgIpc) is 2.87. The standard InChI is InChI=1S/C9H12N2O2S/c12-4-7-2-1-3-11(7)9(13)8-5-14-6-10-8/h5-7,12H,1-4H2. The summed E-state index contributed by atoms with van der Waals surface area (Å²) in [7, 11) is 0. The maximum absolute atomic E-state index is 11.8. The van der Waals surface area contributed by atoms with Crippen LogP contribution >= 0.6 is 11.3 Å². The molecule has 14 heavy (non-hydrogen) atoms. The summed E-state index contributed by atoms with van der Waals surface area (Å²) in [6.07, 6.45) is 1.87. The predicted octanol–water partition coefficient (Wildman–Crippen LogP) is 0.740. The minimum atomic E-state index is -0.0530. The number of thiazole rings is 1. The van der Waals surface area contributed by atoms with Crippen molar-refractivity contribution in [2.75, 3.05) is 13.2 Å². The zero-order valence-corrected chi connectivity index (χ0v) is 8.54. The third kappa shape index (κ3) is 1.65. The van der Waals surface area contributed by atoms with Crippen molar-refractivity contribution in [3.05, 3.63) is 16.6 Å². The molecule has 0 radical (unpaired) electrons. The Morgan fingerprint density at radius 2 is 2.64 bits per heavy atom. The van der Waals surface area contributed by atoms with Gasteiger partial charge in [0.15, 0.2) is 0 Å². The van der Waals surface area contributed by atoms with Gasteiger partial charge in [0.2, 0.25) is 0 Å². The molecular weight excluding hydrogens is 200 g/mol. The Morgan fingerprint density at radius 3 is 3.29 bits per heavy atom. The van der Waals surface area contributed by atoms with Gasteiger partial charge < -0.3 is 10.0 Å². The van der Waals surface area contributed by atoms with E-state index in [1.165, 1.54) is 11.3 Å². The summed E-state index contributed by atoms with van der Waals surface area (Å²) in [6, 6.07) is -0.0100. The van der Waals surface area contributed by atoms with Gasteiger partial charge in [0, 0.05) is 11.9 Å². The molecule has 0 aromatic carbocycles. The minimum Gasteiger partial charge on any atom is -0.394 e. The highest BCUT2D eigenvalue weighted by atomic mass is 32.1.